The van der Waals surface area contributed by atoms with Crippen molar-refractivity contribution >= 4 is 32.8 Å². The van der Waals surface area contributed by atoms with Gasteiger partial charge >= 0.3 is 5.97 Å². The normalized spacial score (nSPS) is 10.4. The van der Waals surface area contributed by atoms with Crippen molar-refractivity contribution in [3.8, 4) is 0 Å². The predicted molar refractivity (Wildman–Crippen MR) is 54.2 cm³/mol. The van der Waals surface area contributed by atoms with Gasteiger partial charge in [0.25, 0.3) is 0 Å². The summed E-state index contributed by atoms with van der Waals surface area (Å²) in [5.41, 5.74) is 0.617. The van der Waals surface area contributed by atoms with Gasteiger partial charge in [0.1, 0.15) is 0 Å². The van der Waals surface area contributed by atoms with Crippen molar-refractivity contribution in [1.82, 2.24) is 9.97 Å². The molecule has 1 heterocycles. The monoisotopic (exact) mass is 252 g/mol. The van der Waals surface area contributed by atoms with Gasteiger partial charge in [-0.1, -0.05) is 22.0 Å². The molecule has 1 aromatic heterocycles. The van der Waals surface area contributed by atoms with E-state index in [1.807, 2.05) is 12.1 Å². The van der Waals surface area contributed by atoms with E-state index in [9.17, 15) is 4.79 Å². The number of halogens is 1. The van der Waals surface area contributed by atoms with Gasteiger partial charge in [0.2, 0.25) is 5.82 Å². The fourth-order valence-electron chi connectivity index (χ4n) is 1.10. The molecule has 0 unspecified atom stereocenters. The van der Waals surface area contributed by atoms with Crippen molar-refractivity contribution in [3.05, 3.63) is 34.7 Å². The number of nitrogens with zero attached hydrogens (tertiary/aromatic N) is 2. The summed E-state index contributed by atoms with van der Waals surface area (Å²) in [6, 6.07) is 5.43. The standard InChI is InChI=1S/C9H5BrN2O2/c10-6-2-1-5-4-11-8(9(13)14)12-7(5)3-6/h1-4H,(H,13,14). The summed E-state index contributed by atoms with van der Waals surface area (Å²) in [5.74, 6) is -1.30. The van der Waals surface area contributed by atoms with Crippen LogP contribution in [0.3, 0.4) is 0 Å². The molecule has 0 saturated carbocycles. The number of carboxylic acid groups (broad SMARTS) is 1. The zero-order valence-corrected chi connectivity index (χ0v) is 8.52. The molecule has 2 rings (SSSR count). The first-order chi connectivity index (χ1) is 6.66. The Morgan fingerprint density at radius 2 is 2.21 bits per heavy atom. The molecular weight excluding hydrogens is 248 g/mol. The van der Waals surface area contributed by atoms with Crippen molar-refractivity contribution in [2.45, 2.75) is 0 Å². The maximum absolute atomic E-state index is 10.6. The lowest BCUT2D eigenvalue weighted by atomic mass is 10.2. The molecule has 0 radical (unpaired) electrons. The molecule has 2 aromatic rings. The fourth-order valence-corrected chi connectivity index (χ4v) is 1.45. The Morgan fingerprint density at radius 3 is 2.93 bits per heavy atom. The Balaban J connectivity index is 2.69. The van der Waals surface area contributed by atoms with Gasteiger partial charge < -0.3 is 5.11 Å². The third-order valence-electron chi connectivity index (χ3n) is 1.74. The van der Waals surface area contributed by atoms with Crippen molar-refractivity contribution < 1.29 is 9.90 Å². The molecular formula is C9H5BrN2O2. The van der Waals surface area contributed by atoms with Gasteiger partial charge in [-0.05, 0) is 12.1 Å². The number of carboxylic acids is 1. The average molecular weight is 253 g/mol. The minimum Gasteiger partial charge on any atom is -0.475 e. The van der Waals surface area contributed by atoms with E-state index in [0.29, 0.717) is 5.52 Å². The topological polar surface area (TPSA) is 63.1 Å². The summed E-state index contributed by atoms with van der Waals surface area (Å²) in [6.07, 6.45) is 1.50. The van der Waals surface area contributed by atoms with Gasteiger partial charge in [0.15, 0.2) is 0 Å². The van der Waals surface area contributed by atoms with Gasteiger partial charge in [-0.25, -0.2) is 14.8 Å². The highest BCUT2D eigenvalue weighted by Gasteiger charge is 2.06. The Morgan fingerprint density at radius 1 is 1.43 bits per heavy atom. The smallest absolute Gasteiger partial charge is 0.373 e. The Labute approximate surface area is 87.7 Å². The number of fused-ring (bicyclic) bond motifs is 1. The van der Waals surface area contributed by atoms with Crippen LogP contribution in [0.5, 0.6) is 0 Å². The molecule has 70 valence electrons. The molecule has 0 aliphatic heterocycles. The molecule has 1 aromatic carbocycles. The largest absolute Gasteiger partial charge is 0.475 e. The lowest BCUT2D eigenvalue weighted by Crippen LogP contribution is -2.03. The molecule has 0 atom stereocenters. The second-order valence-corrected chi connectivity index (χ2v) is 3.62. The van der Waals surface area contributed by atoms with E-state index in [2.05, 4.69) is 25.9 Å². The van der Waals surface area contributed by atoms with E-state index >= 15 is 0 Å². The van der Waals surface area contributed by atoms with Gasteiger partial charge in [-0.15, -0.1) is 0 Å². The molecule has 0 fully saturated rings. The van der Waals surface area contributed by atoms with E-state index in [4.69, 9.17) is 5.11 Å². The average Bonchev–Trinajstić information content (AvgIpc) is 2.16. The van der Waals surface area contributed by atoms with Crippen LogP contribution in [0.4, 0.5) is 0 Å². The molecule has 0 aliphatic rings. The highest BCUT2D eigenvalue weighted by Crippen LogP contribution is 2.17. The third kappa shape index (κ3) is 1.58. The van der Waals surface area contributed by atoms with Crippen LogP contribution in [0.1, 0.15) is 10.6 Å². The van der Waals surface area contributed by atoms with E-state index in [0.717, 1.165) is 9.86 Å². The van der Waals surface area contributed by atoms with Crippen LogP contribution in [0.25, 0.3) is 10.9 Å². The molecule has 0 aliphatic carbocycles. The van der Waals surface area contributed by atoms with Crippen LogP contribution in [0.2, 0.25) is 0 Å². The molecule has 14 heavy (non-hydrogen) atoms. The lowest BCUT2D eigenvalue weighted by molar-refractivity contribution is 0.0684. The molecule has 4 nitrogen and oxygen atoms in total. The summed E-state index contributed by atoms with van der Waals surface area (Å²) >= 11 is 3.29. The minimum atomic E-state index is -1.12. The van der Waals surface area contributed by atoms with Crippen LogP contribution in [0.15, 0.2) is 28.9 Å². The summed E-state index contributed by atoms with van der Waals surface area (Å²) in [6.45, 7) is 0. The van der Waals surface area contributed by atoms with Gasteiger partial charge in [-0.3, -0.25) is 0 Å². The summed E-state index contributed by atoms with van der Waals surface area (Å²) in [4.78, 5) is 18.2. The van der Waals surface area contributed by atoms with E-state index in [-0.39, 0.29) is 5.82 Å². The molecule has 0 amide bonds. The van der Waals surface area contributed by atoms with Crippen LogP contribution >= 0.6 is 15.9 Å². The first-order valence-electron chi connectivity index (χ1n) is 3.82. The number of benzene rings is 1. The first-order valence-corrected chi connectivity index (χ1v) is 4.62. The van der Waals surface area contributed by atoms with Crippen LogP contribution in [-0.4, -0.2) is 21.0 Å². The highest BCUT2D eigenvalue weighted by molar-refractivity contribution is 9.10. The predicted octanol–water partition coefficient (Wildman–Crippen LogP) is 2.09. The van der Waals surface area contributed by atoms with E-state index < -0.39 is 5.97 Å². The number of carbonyl (C=O) groups is 1. The van der Waals surface area contributed by atoms with Crippen LogP contribution in [0, 0.1) is 0 Å². The van der Waals surface area contributed by atoms with Crippen molar-refractivity contribution in [2.24, 2.45) is 0 Å². The van der Waals surface area contributed by atoms with E-state index in [1.165, 1.54) is 6.20 Å². The number of aromatic nitrogens is 2. The molecule has 0 saturated heterocycles. The zero-order chi connectivity index (χ0) is 10.1. The molecule has 1 N–H and O–H groups in total. The third-order valence-corrected chi connectivity index (χ3v) is 2.23. The molecule has 5 heteroatoms. The fraction of sp³-hybridized carbons (Fsp3) is 0. The first kappa shape index (κ1) is 9.08. The lowest BCUT2D eigenvalue weighted by Gasteiger charge is -1.98. The SMILES string of the molecule is O=C(O)c1ncc2ccc(Br)cc2n1. The highest BCUT2D eigenvalue weighted by atomic mass is 79.9. The van der Waals surface area contributed by atoms with Gasteiger partial charge in [-0.2, -0.15) is 0 Å². The van der Waals surface area contributed by atoms with E-state index in [1.54, 1.807) is 6.07 Å². The van der Waals surface area contributed by atoms with Crippen LogP contribution in [-0.2, 0) is 0 Å². The maximum Gasteiger partial charge on any atom is 0.373 e. The minimum absolute atomic E-state index is 0.185. The summed E-state index contributed by atoms with van der Waals surface area (Å²) in [7, 11) is 0. The van der Waals surface area contributed by atoms with Gasteiger partial charge in [0.05, 0.1) is 5.52 Å². The maximum atomic E-state index is 10.6. The molecule has 0 spiro atoms. The second kappa shape index (κ2) is 3.34. The Kier molecular flexibility index (Phi) is 2.17. The number of aromatic carboxylic acids is 1. The molecule has 0 bridgehead atoms. The number of rotatable bonds is 1. The number of hydrogen-bond acceptors (Lipinski definition) is 3. The van der Waals surface area contributed by atoms with Crippen molar-refractivity contribution in [3.63, 3.8) is 0 Å². The summed E-state index contributed by atoms with van der Waals surface area (Å²) < 4.78 is 0.861. The zero-order valence-electron chi connectivity index (χ0n) is 6.94. The quantitative estimate of drug-likeness (QED) is 0.845. The number of hydrogen-bond donors (Lipinski definition) is 1. The summed E-state index contributed by atoms with van der Waals surface area (Å²) in [5, 5.41) is 9.49. The van der Waals surface area contributed by atoms with Crippen molar-refractivity contribution in [2.75, 3.05) is 0 Å². The Hall–Kier alpha value is -1.49. The van der Waals surface area contributed by atoms with Gasteiger partial charge in [0, 0.05) is 16.1 Å². The van der Waals surface area contributed by atoms with Crippen LogP contribution < -0.4 is 0 Å². The Bertz CT molecular complexity index is 513. The second-order valence-electron chi connectivity index (χ2n) is 2.70. The van der Waals surface area contributed by atoms with Crippen molar-refractivity contribution in [1.29, 1.82) is 0 Å².